The van der Waals surface area contributed by atoms with Gasteiger partial charge in [-0.05, 0) is 64.2 Å². The molecule has 2 nitrogen and oxygen atoms in total. The largest absolute Gasteiger partial charge is 0.399 e. The smallest absolute Gasteiger partial charge is 0.0488 e. The Hall–Kier alpha value is -0.700. The highest BCUT2D eigenvalue weighted by molar-refractivity contribution is 9.10. The Morgan fingerprint density at radius 1 is 1.16 bits per heavy atom. The third-order valence-electron chi connectivity index (χ3n) is 3.91. The molecule has 0 amide bonds. The van der Waals surface area contributed by atoms with E-state index in [4.69, 9.17) is 5.73 Å². The van der Waals surface area contributed by atoms with Gasteiger partial charge in [-0.3, -0.25) is 0 Å². The predicted molar refractivity (Wildman–Crippen MR) is 87.4 cm³/mol. The average Bonchev–Trinajstić information content (AvgIpc) is 2.17. The summed E-state index contributed by atoms with van der Waals surface area (Å²) in [4.78, 5) is 0. The molecule has 0 aromatic heterocycles. The molecule has 0 unspecified atom stereocenters. The van der Waals surface area contributed by atoms with E-state index in [-0.39, 0.29) is 0 Å². The molecule has 1 aromatic carbocycles. The molecule has 3 heteroatoms. The molecule has 1 fully saturated rings. The molecule has 3 N–H and O–H groups in total. The SMILES string of the molecule is CC1(C)CC(Nc2ccc(N)cc2Br)CC(C)(C)C1. The van der Waals surface area contributed by atoms with Crippen molar-refractivity contribution in [3.63, 3.8) is 0 Å². The van der Waals surface area contributed by atoms with Crippen molar-refractivity contribution in [1.82, 2.24) is 0 Å². The van der Waals surface area contributed by atoms with Crippen LogP contribution in [0.2, 0.25) is 0 Å². The normalized spacial score (nSPS) is 22.2. The summed E-state index contributed by atoms with van der Waals surface area (Å²) in [6.45, 7) is 9.50. The lowest BCUT2D eigenvalue weighted by molar-refractivity contribution is 0.105. The minimum Gasteiger partial charge on any atom is -0.399 e. The monoisotopic (exact) mass is 324 g/mol. The molecule has 19 heavy (non-hydrogen) atoms. The fourth-order valence-corrected chi connectivity index (χ4v) is 4.33. The van der Waals surface area contributed by atoms with E-state index in [1.807, 2.05) is 12.1 Å². The molecule has 2 rings (SSSR count). The number of nitrogens with two attached hydrogens (primary N) is 1. The van der Waals surface area contributed by atoms with Crippen LogP contribution < -0.4 is 11.1 Å². The van der Waals surface area contributed by atoms with E-state index < -0.39 is 0 Å². The van der Waals surface area contributed by atoms with Crippen LogP contribution in [0.15, 0.2) is 22.7 Å². The summed E-state index contributed by atoms with van der Waals surface area (Å²) in [7, 11) is 0. The Morgan fingerprint density at radius 3 is 2.26 bits per heavy atom. The maximum atomic E-state index is 5.79. The van der Waals surface area contributed by atoms with Gasteiger partial charge in [-0.1, -0.05) is 27.7 Å². The van der Waals surface area contributed by atoms with Crippen molar-refractivity contribution >= 4 is 27.3 Å². The molecule has 0 heterocycles. The van der Waals surface area contributed by atoms with E-state index in [0.717, 1.165) is 15.8 Å². The second kappa shape index (κ2) is 5.01. The molecular weight excluding hydrogens is 300 g/mol. The predicted octanol–water partition coefficient (Wildman–Crippen LogP) is 5.05. The van der Waals surface area contributed by atoms with E-state index in [1.54, 1.807) is 0 Å². The Bertz CT molecular complexity index is 450. The lowest BCUT2D eigenvalue weighted by Gasteiger charge is -2.45. The van der Waals surface area contributed by atoms with E-state index in [1.165, 1.54) is 19.3 Å². The molecule has 1 aliphatic rings. The second-order valence-electron chi connectivity index (χ2n) is 7.49. The third kappa shape index (κ3) is 3.88. The maximum absolute atomic E-state index is 5.79. The lowest BCUT2D eigenvalue weighted by atomic mass is 9.63. The number of hydrogen-bond donors (Lipinski definition) is 2. The summed E-state index contributed by atoms with van der Waals surface area (Å²) in [6.07, 6.45) is 3.72. The highest BCUT2D eigenvalue weighted by atomic mass is 79.9. The molecule has 0 bridgehead atoms. The van der Waals surface area contributed by atoms with Gasteiger partial charge in [0.2, 0.25) is 0 Å². The van der Waals surface area contributed by atoms with Crippen LogP contribution in [0.25, 0.3) is 0 Å². The number of halogens is 1. The first kappa shape index (κ1) is 14.7. The van der Waals surface area contributed by atoms with E-state index in [2.05, 4.69) is 55.0 Å². The van der Waals surface area contributed by atoms with Gasteiger partial charge in [0, 0.05) is 21.9 Å². The van der Waals surface area contributed by atoms with Crippen molar-refractivity contribution in [3.8, 4) is 0 Å². The van der Waals surface area contributed by atoms with Crippen molar-refractivity contribution in [3.05, 3.63) is 22.7 Å². The van der Waals surface area contributed by atoms with Crippen molar-refractivity contribution in [2.24, 2.45) is 10.8 Å². The standard InChI is InChI=1S/C16H25BrN2/c1-15(2)8-12(9-16(3,4)10-15)19-14-6-5-11(18)7-13(14)17/h5-7,12,19H,8-10,18H2,1-4H3. The molecule has 106 valence electrons. The Kier molecular flexibility index (Phi) is 3.87. The highest BCUT2D eigenvalue weighted by Gasteiger charge is 2.38. The van der Waals surface area contributed by atoms with Gasteiger partial charge in [0.15, 0.2) is 0 Å². The zero-order valence-corrected chi connectivity index (χ0v) is 14.0. The van der Waals surface area contributed by atoms with Gasteiger partial charge in [0.1, 0.15) is 0 Å². The highest BCUT2D eigenvalue weighted by Crippen LogP contribution is 2.46. The molecule has 1 aliphatic carbocycles. The van der Waals surface area contributed by atoms with E-state index in [0.29, 0.717) is 16.9 Å². The van der Waals surface area contributed by atoms with Crippen LogP contribution in [0.4, 0.5) is 11.4 Å². The van der Waals surface area contributed by atoms with Crippen LogP contribution in [0.3, 0.4) is 0 Å². The van der Waals surface area contributed by atoms with Crippen molar-refractivity contribution < 1.29 is 0 Å². The molecule has 1 aromatic rings. The first-order valence-electron chi connectivity index (χ1n) is 6.99. The molecular formula is C16H25BrN2. The number of hydrogen-bond acceptors (Lipinski definition) is 2. The van der Waals surface area contributed by atoms with E-state index in [9.17, 15) is 0 Å². The van der Waals surface area contributed by atoms with Crippen LogP contribution in [-0.2, 0) is 0 Å². The molecule has 0 aliphatic heterocycles. The molecule has 1 saturated carbocycles. The zero-order chi connectivity index (χ0) is 14.3. The number of benzene rings is 1. The Balaban J connectivity index is 2.14. The molecule has 0 atom stereocenters. The Morgan fingerprint density at radius 2 is 1.74 bits per heavy atom. The number of nitrogens with one attached hydrogen (secondary N) is 1. The molecule has 0 saturated heterocycles. The van der Waals surface area contributed by atoms with Gasteiger partial charge in [0.25, 0.3) is 0 Å². The lowest BCUT2D eigenvalue weighted by Crippen LogP contribution is -2.40. The van der Waals surface area contributed by atoms with E-state index >= 15 is 0 Å². The van der Waals surface area contributed by atoms with Crippen LogP contribution in [0.1, 0.15) is 47.0 Å². The number of anilines is 2. The first-order chi connectivity index (χ1) is 8.67. The van der Waals surface area contributed by atoms with Gasteiger partial charge in [-0.25, -0.2) is 0 Å². The van der Waals surface area contributed by atoms with Gasteiger partial charge in [-0.2, -0.15) is 0 Å². The molecule has 0 spiro atoms. The fourth-order valence-electron chi connectivity index (χ4n) is 3.82. The van der Waals surface area contributed by atoms with Crippen LogP contribution >= 0.6 is 15.9 Å². The Labute approximate surface area is 125 Å². The summed E-state index contributed by atoms with van der Waals surface area (Å²) in [5.41, 5.74) is 8.53. The average molecular weight is 325 g/mol. The van der Waals surface area contributed by atoms with Gasteiger partial charge in [-0.15, -0.1) is 0 Å². The van der Waals surface area contributed by atoms with Gasteiger partial charge in [0.05, 0.1) is 0 Å². The summed E-state index contributed by atoms with van der Waals surface area (Å²) < 4.78 is 1.05. The maximum Gasteiger partial charge on any atom is 0.0488 e. The van der Waals surface area contributed by atoms with Crippen LogP contribution in [0, 0.1) is 10.8 Å². The summed E-state index contributed by atoms with van der Waals surface area (Å²) in [5.74, 6) is 0. The summed E-state index contributed by atoms with van der Waals surface area (Å²) >= 11 is 3.59. The van der Waals surface area contributed by atoms with Gasteiger partial charge < -0.3 is 11.1 Å². The minimum atomic E-state index is 0.402. The van der Waals surface area contributed by atoms with Crippen molar-refractivity contribution in [1.29, 1.82) is 0 Å². The second-order valence-corrected chi connectivity index (χ2v) is 8.35. The zero-order valence-electron chi connectivity index (χ0n) is 12.4. The minimum absolute atomic E-state index is 0.402. The van der Waals surface area contributed by atoms with Crippen molar-refractivity contribution in [2.75, 3.05) is 11.1 Å². The van der Waals surface area contributed by atoms with Crippen LogP contribution in [-0.4, -0.2) is 6.04 Å². The number of rotatable bonds is 2. The van der Waals surface area contributed by atoms with Crippen LogP contribution in [0.5, 0.6) is 0 Å². The molecule has 0 radical (unpaired) electrons. The first-order valence-corrected chi connectivity index (χ1v) is 7.78. The topological polar surface area (TPSA) is 38.0 Å². The third-order valence-corrected chi connectivity index (χ3v) is 4.56. The summed E-state index contributed by atoms with van der Waals surface area (Å²) in [5, 5.41) is 3.69. The quantitative estimate of drug-likeness (QED) is 0.747. The summed E-state index contributed by atoms with van der Waals surface area (Å²) in [6, 6.07) is 6.50. The van der Waals surface area contributed by atoms with Gasteiger partial charge >= 0.3 is 0 Å². The fraction of sp³-hybridized carbons (Fsp3) is 0.625. The van der Waals surface area contributed by atoms with Crippen molar-refractivity contribution in [2.45, 2.75) is 53.0 Å². The number of nitrogen functional groups attached to an aromatic ring is 1.